The molecule has 1 aromatic heterocycles. The summed E-state index contributed by atoms with van der Waals surface area (Å²) in [6.45, 7) is 1.65. The maximum absolute atomic E-state index is 14.4. The quantitative estimate of drug-likeness (QED) is 0.184. The number of hydrogen-bond donors (Lipinski definition) is 2. The van der Waals surface area contributed by atoms with E-state index in [0.29, 0.717) is 47.2 Å². The van der Waals surface area contributed by atoms with Gasteiger partial charge in [-0.15, -0.1) is 0 Å². The normalized spacial score (nSPS) is 17.2. The predicted octanol–water partition coefficient (Wildman–Crippen LogP) is 5.21. The number of aromatic nitrogens is 2. The van der Waals surface area contributed by atoms with Gasteiger partial charge in [-0.05, 0) is 67.8 Å². The van der Waals surface area contributed by atoms with Crippen LogP contribution in [0, 0.1) is 5.82 Å². The van der Waals surface area contributed by atoms with Gasteiger partial charge in [0.25, 0.3) is 11.8 Å². The van der Waals surface area contributed by atoms with Crippen molar-refractivity contribution >= 4 is 29.5 Å². The molecule has 3 aromatic carbocycles. The maximum atomic E-state index is 14.4. The first-order valence-corrected chi connectivity index (χ1v) is 15.7. The van der Waals surface area contributed by atoms with Crippen molar-refractivity contribution in [2.75, 3.05) is 18.6 Å². The highest BCUT2D eigenvalue weighted by Crippen LogP contribution is 2.44. The van der Waals surface area contributed by atoms with Crippen molar-refractivity contribution in [2.24, 2.45) is 0 Å². The van der Waals surface area contributed by atoms with Crippen LogP contribution in [0.15, 0.2) is 90.0 Å². The molecule has 0 saturated heterocycles. The van der Waals surface area contributed by atoms with Crippen molar-refractivity contribution in [2.45, 2.75) is 44.4 Å². The number of methoxy groups -OCH3 is 1. The van der Waals surface area contributed by atoms with Crippen molar-refractivity contribution in [3.05, 3.63) is 124 Å². The van der Waals surface area contributed by atoms with E-state index in [1.165, 1.54) is 42.3 Å². The summed E-state index contributed by atoms with van der Waals surface area (Å²) in [6, 6.07) is 16.6. The van der Waals surface area contributed by atoms with Crippen molar-refractivity contribution in [3.8, 4) is 5.69 Å². The smallest absolute Gasteiger partial charge is 0.416 e. The lowest BCUT2D eigenvalue weighted by molar-refractivity contribution is -0.138. The van der Waals surface area contributed by atoms with E-state index in [1.54, 1.807) is 41.9 Å². The van der Waals surface area contributed by atoms with E-state index in [-0.39, 0.29) is 29.8 Å². The lowest BCUT2D eigenvalue weighted by atomic mass is 9.80. The van der Waals surface area contributed by atoms with Gasteiger partial charge in [-0.2, -0.15) is 18.3 Å². The highest BCUT2D eigenvalue weighted by atomic mass is 19.4. The van der Waals surface area contributed by atoms with E-state index in [1.807, 2.05) is 0 Å². The molecular formula is C36H31F4N5O5. The number of fused-ring (bicyclic) bond motifs is 1. The van der Waals surface area contributed by atoms with Crippen molar-refractivity contribution in [3.63, 3.8) is 0 Å². The minimum Gasteiger partial charge on any atom is -0.466 e. The molecule has 0 bridgehead atoms. The summed E-state index contributed by atoms with van der Waals surface area (Å²) < 4.78 is 61.1. The van der Waals surface area contributed by atoms with Gasteiger partial charge < -0.3 is 15.4 Å². The van der Waals surface area contributed by atoms with Crippen LogP contribution >= 0.6 is 0 Å². The number of alkyl halides is 3. The van der Waals surface area contributed by atoms with Gasteiger partial charge in [0.15, 0.2) is 0 Å². The standard InChI is InChI=1S/C36H31F4N5O5/c1-3-44-33-29(27(43-45(33)24-10-5-4-6-11-24)19-41-32(47)25-16-17-26(25)35(49)50-2)28(20-12-14-23(37)15-13-20)30(34(44)48)42-31(46)21-8-7-9-22(18-21)36(38,39)40/h4-15,18,28,30H,3,16-17,19H2,1-2H3,(H,41,47)(H,42,46)/t28-,30+/m1/s1. The van der Waals surface area contributed by atoms with E-state index in [0.717, 1.165) is 12.1 Å². The molecule has 0 spiro atoms. The van der Waals surface area contributed by atoms with Gasteiger partial charge in [-0.25, -0.2) is 13.9 Å². The van der Waals surface area contributed by atoms with Crippen molar-refractivity contribution < 1.29 is 41.5 Å². The Hall–Kier alpha value is -5.79. The number of halogens is 4. The first kappa shape index (κ1) is 34.1. The fourth-order valence-corrected chi connectivity index (χ4v) is 6.29. The van der Waals surface area contributed by atoms with Crippen LogP contribution in [0.5, 0.6) is 0 Å². The number of nitrogens with one attached hydrogen (secondary N) is 2. The van der Waals surface area contributed by atoms with Gasteiger partial charge in [0, 0.05) is 34.7 Å². The Kier molecular flexibility index (Phi) is 9.28. The number of ether oxygens (including phenoxy) is 1. The van der Waals surface area contributed by atoms with Crippen LogP contribution in [0.3, 0.4) is 0 Å². The summed E-state index contributed by atoms with van der Waals surface area (Å²) >= 11 is 0. The largest absolute Gasteiger partial charge is 0.466 e. The zero-order valence-electron chi connectivity index (χ0n) is 26.9. The van der Waals surface area contributed by atoms with Crippen LogP contribution in [0.1, 0.15) is 58.4 Å². The number of anilines is 1. The third-order valence-electron chi connectivity index (χ3n) is 8.80. The van der Waals surface area contributed by atoms with Gasteiger partial charge in [0.05, 0.1) is 30.6 Å². The highest BCUT2D eigenvalue weighted by molar-refractivity contribution is 6.06. The topological polar surface area (TPSA) is 123 Å². The second kappa shape index (κ2) is 13.6. The maximum Gasteiger partial charge on any atom is 0.416 e. The molecule has 6 rings (SSSR count). The second-order valence-electron chi connectivity index (χ2n) is 11.7. The zero-order chi connectivity index (χ0) is 35.7. The number of carbonyl (C=O) groups excluding carboxylic acids is 4. The SMILES string of the molecule is CCN1C(=O)[C@@H](NC(=O)c2cccc(C(F)(F)F)c2)[C@H](c2ccc(F)cc2)c2c(CNC(=O)C3=C(C(=O)OC)CC3)nn(-c3ccccc3)c21. The summed E-state index contributed by atoms with van der Waals surface area (Å²) in [5, 5.41) is 10.3. The van der Waals surface area contributed by atoms with Crippen LogP contribution in [-0.4, -0.2) is 53.2 Å². The average Bonchev–Trinajstić information content (AvgIpc) is 3.46. The Morgan fingerprint density at radius 2 is 1.64 bits per heavy atom. The fourth-order valence-electron chi connectivity index (χ4n) is 6.29. The molecule has 2 heterocycles. The van der Waals surface area contributed by atoms with Gasteiger partial charge in [0.1, 0.15) is 17.7 Å². The molecule has 0 unspecified atom stereocenters. The van der Waals surface area contributed by atoms with E-state index in [2.05, 4.69) is 10.6 Å². The number of para-hydroxylation sites is 1. The van der Waals surface area contributed by atoms with Gasteiger partial charge in [-0.3, -0.25) is 19.3 Å². The summed E-state index contributed by atoms with van der Waals surface area (Å²) in [6.07, 6.45) is -3.95. The van der Waals surface area contributed by atoms with Crippen LogP contribution in [0.25, 0.3) is 5.69 Å². The molecule has 258 valence electrons. The summed E-state index contributed by atoms with van der Waals surface area (Å²) in [7, 11) is 1.23. The number of nitrogens with zero attached hydrogens (tertiary/aromatic N) is 3. The Labute approximate surface area is 283 Å². The Morgan fingerprint density at radius 1 is 0.940 bits per heavy atom. The number of likely N-dealkylation sites (N-methyl/N-ethyl adjacent to an activating group) is 1. The van der Waals surface area contributed by atoms with Gasteiger partial charge in [0.2, 0.25) is 5.91 Å². The number of hydrogen-bond acceptors (Lipinski definition) is 6. The molecule has 50 heavy (non-hydrogen) atoms. The predicted molar refractivity (Wildman–Crippen MR) is 173 cm³/mol. The van der Waals surface area contributed by atoms with E-state index >= 15 is 0 Å². The number of benzene rings is 3. The molecule has 10 nitrogen and oxygen atoms in total. The third-order valence-corrected chi connectivity index (χ3v) is 8.80. The lowest BCUT2D eigenvalue weighted by Crippen LogP contribution is -2.55. The minimum absolute atomic E-state index is 0.109. The zero-order valence-corrected chi connectivity index (χ0v) is 26.9. The number of rotatable bonds is 9. The first-order chi connectivity index (χ1) is 23.9. The molecule has 4 aromatic rings. The molecule has 1 aliphatic heterocycles. The summed E-state index contributed by atoms with van der Waals surface area (Å²) in [5.41, 5.74) is 0.898. The van der Waals surface area contributed by atoms with Crippen LogP contribution in [-0.2, 0) is 31.8 Å². The van der Waals surface area contributed by atoms with E-state index < -0.39 is 53.2 Å². The fraction of sp³-hybridized carbons (Fsp3) is 0.250. The molecule has 1 aliphatic carbocycles. The van der Waals surface area contributed by atoms with Gasteiger partial charge in [-0.1, -0.05) is 36.4 Å². The summed E-state index contributed by atoms with van der Waals surface area (Å²) in [4.78, 5) is 54.8. The molecule has 0 saturated carbocycles. The molecule has 2 atom stereocenters. The molecule has 14 heteroatoms. The molecule has 0 fully saturated rings. The lowest BCUT2D eigenvalue weighted by Gasteiger charge is -2.38. The molecule has 2 aliphatic rings. The van der Waals surface area contributed by atoms with Crippen molar-refractivity contribution in [1.29, 1.82) is 0 Å². The summed E-state index contributed by atoms with van der Waals surface area (Å²) in [5.74, 6) is -3.85. The molecular weight excluding hydrogens is 658 g/mol. The minimum atomic E-state index is -4.71. The second-order valence-corrected chi connectivity index (χ2v) is 11.7. The monoisotopic (exact) mass is 689 g/mol. The Morgan fingerprint density at radius 3 is 2.26 bits per heavy atom. The van der Waals surface area contributed by atoms with Crippen LogP contribution in [0.4, 0.5) is 23.4 Å². The Balaban J connectivity index is 1.49. The van der Waals surface area contributed by atoms with Crippen LogP contribution in [0.2, 0.25) is 0 Å². The van der Waals surface area contributed by atoms with E-state index in [4.69, 9.17) is 9.84 Å². The number of esters is 1. The average molecular weight is 690 g/mol. The number of carbonyl (C=O) groups is 4. The Bertz CT molecular complexity index is 2010. The van der Waals surface area contributed by atoms with Gasteiger partial charge >= 0.3 is 12.1 Å². The van der Waals surface area contributed by atoms with Crippen molar-refractivity contribution in [1.82, 2.24) is 20.4 Å². The third kappa shape index (κ3) is 6.35. The number of amides is 3. The molecule has 3 amide bonds. The van der Waals surface area contributed by atoms with Crippen LogP contribution < -0.4 is 15.5 Å². The highest BCUT2D eigenvalue weighted by Gasteiger charge is 2.46. The molecule has 2 N–H and O–H groups in total. The first-order valence-electron chi connectivity index (χ1n) is 15.7. The van der Waals surface area contributed by atoms with E-state index in [9.17, 15) is 36.7 Å². The molecule has 0 radical (unpaired) electrons.